The Bertz CT molecular complexity index is 312. The van der Waals surface area contributed by atoms with E-state index in [-0.39, 0.29) is 36.2 Å². The first-order valence-electron chi connectivity index (χ1n) is 6.79. The van der Waals surface area contributed by atoms with E-state index in [0.717, 1.165) is 19.4 Å². The number of carbonyl (C=O) groups is 2. The molecule has 0 aromatic heterocycles. The first-order chi connectivity index (χ1) is 8.45. The van der Waals surface area contributed by atoms with E-state index in [4.69, 9.17) is 5.73 Å². The van der Waals surface area contributed by atoms with E-state index in [0.29, 0.717) is 13.0 Å². The molecule has 3 atom stereocenters. The van der Waals surface area contributed by atoms with Gasteiger partial charge in [-0.25, -0.2) is 0 Å². The Hall–Kier alpha value is -0.810. The van der Waals surface area contributed by atoms with Gasteiger partial charge in [0.25, 0.3) is 0 Å². The number of hydrogen-bond donors (Lipinski definition) is 2. The van der Waals surface area contributed by atoms with Crippen molar-refractivity contribution >= 4 is 24.2 Å². The number of nitrogens with one attached hydrogen (secondary N) is 1. The van der Waals surface area contributed by atoms with Gasteiger partial charge in [-0.1, -0.05) is 20.3 Å². The van der Waals surface area contributed by atoms with Crippen LogP contribution in [0.1, 0.15) is 40.0 Å². The summed E-state index contributed by atoms with van der Waals surface area (Å²) in [5.41, 5.74) is 5.86. The second kappa shape index (κ2) is 8.38. The molecule has 1 heterocycles. The molecule has 1 rings (SSSR count). The molecule has 0 aliphatic carbocycles. The van der Waals surface area contributed by atoms with Crippen molar-refractivity contribution < 1.29 is 9.59 Å². The maximum Gasteiger partial charge on any atom is 0.237 e. The minimum atomic E-state index is -0.466. The van der Waals surface area contributed by atoms with Crippen molar-refractivity contribution in [2.45, 2.75) is 52.1 Å². The predicted octanol–water partition coefficient (Wildman–Crippen LogP) is 0.909. The Balaban J connectivity index is 0.00000324. The van der Waals surface area contributed by atoms with Crippen molar-refractivity contribution in [1.82, 2.24) is 10.2 Å². The molecule has 0 aromatic rings. The Kier molecular flexibility index (Phi) is 8.02. The van der Waals surface area contributed by atoms with Gasteiger partial charge in [0, 0.05) is 25.6 Å². The SMILES string of the molecule is CCC(C)C(N)C(=O)NC(C)CN1CCCC1=O.Cl. The number of nitrogens with two attached hydrogens (primary N) is 1. The normalized spacial score (nSPS) is 19.6. The molecule has 0 aromatic carbocycles. The van der Waals surface area contributed by atoms with Crippen molar-refractivity contribution in [1.29, 1.82) is 0 Å². The lowest BCUT2D eigenvalue weighted by Crippen LogP contribution is -2.50. The maximum atomic E-state index is 11.9. The van der Waals surface area contributed by atoms with Gasteiger partial charge in [0.05, 0.1) is 6.04 Å². The van der Waals surface area contributed by atoms with Crippen molar-refractivity contribution in [2.75, 3.05) is 13.1 Å². The van der Waals surface area contributed by atoms with Gasteiger partial charge in [0.15, 0.2) is 0 Å². The van der Waals surface area contributed by atoms with E-state index in [1.54, 1.807) is 4.90 Å². The van der Waals surface area contributed by atoms with Crippen LogP contribution in [0.2, 0.25) is 0 Å². The zero-order valence-electron chi connectivity index (χ0n) is 12.0. The Morgan fingerprint density at radius 3 is 2.58 bits per heavy atom. The number of rotatable bonds is 6. The van der Waals surface area contributed by atoms with Gasteiger partial charge in [0.2, 0.25) is 11.8 Å². The van der Waals surface area contributed by atoms with Gasteiger partial charge >= 0.3 is 0 Å². The number of carbonyl (C=O) groups excluding carboxylic acids is 2. The van der Waals surface area contributed by atoms with Crippen LogP contribution in [0.25, 0.3) is 0 Å². The highest BCUT2D eigenvalue weighted by molar-refractivity contribution is 5.85. The summed E-state index contributed by atoms with van der Waals surface area (Å²) in [5, 5.41) is 2.88. The van der Waals surface area contributed by atoms with Crippen LogP contribution in [-0.4, -0.2) is 41.9 Å². The van der Waals surface area contributed by atoms with Crippen LogP contribution in [-0.2, 0) is 9.59 Å². The predicted molar refractivity (Wildman–Crippen MR) is 78.1 cm³/mol. The Labute approximate surface area is 121 Å². The third kappa shape index (κ3) is 5.37. The van der Waals surface area contributed by atoms with Crippen LogP contribution in [0.3, 0.4) is 0 Å². The zero-order valence-corrected chi connectivity index (χ0v) is 12.8. The zero-order chi connectivity index (χ0) is 13.7. The van der Waals surface area contributed by atoms with Crippen LogP contribution in [0.5, 0.6) is 0 Å². The fourth-order valence-corrected chi connectivity index (χ4v) is 2.12. The van der Waals surface area contributed by atoms with Gasteiger partial charge in [-0.2, -0.15) is 0 Å². The highest BCUT2D eigenvalue weighted by Crippen LogP contribution is 2.10. The molecule has 1 fully saturated rings. The third-order valence-electron chi connectivity index (χ3n) is 3.61. The first kappa shape index (κ1) is 18.2. The molecule has 3 N–H and O–H groups in total. The van der Waals surface area contributed by atoms with Crippen LogP contribution in [0.15, 0.2) is 0 Å². The summed E-state index contributed by atoms with van der Waals surface area (Å²) in [5.74, 6) is 0.233. The molecule has 0 radical (unpaired) electrons. The lowest BCUT2D eigenvalue weighted by molar-refractivity contribution is -0.129. The number of amides is 2. The largest absolute Gasteiger partial charge is 0.351 e. The van der Waals surface area contributed by atoms with Crippen molar-refractivity contribution in [3.8, 4) is 0 Å². The molecule has 1 saturated heterocycles. The van der Waals surface area contributed by atoms with E-state index in [1.807, 2.05) is 20.8 Å². The molecule has 6 heteroatoms. The van der Waals surface area contributed by atoms with E-state index in [9.17, 15) is 9.59 Å². The summed E-state index contributed by atoms with van der Waals surface area (Å²) in [7, 11) is 0. The minimum absolute atomic E-state index is 0. The summed E-state index contributed by atoms with van der Waals surface area (Å²) >= 11 is 0. The topological polar surface area (TPSA) is 75.4 Å². The molecule has 19 heavy (non-hydrogen) atoms. The van der Waals surface area contributed by atoms with Crippen molar-refractivity contribution in [2.24, 2.45) is 11.7 Å². The molecule has 0 saturated carbocycles. The average molecular weight is 292 g/mol. The van der Waals surface area contributed by atoms with Gasteiger partial charge in [-0.3, -0.25) is 9.59 Å². The summed E-state index contributed by atoms with van der Waals surface area (Å²) < 4.78 is 0. The lowest BCUT2D eigenvalue weighted by Gasteiger charge is -2.24. The Morgan fingerprint density at radius 2 is 2.11 bits per heavy atom. The standard InChI is InChI=1S/C13H25N3O2.ClH/c1-4-9(2)12(14)13(18)15-10(3)8-16-7-5-6-11(16)17;/h9-10,12H,4-8,14H2,1-3H3,(H,15,18);1H. The number of hydrogen-bond acceptors (Lipinski definition) is 3. The van der Waals surface area contributed by atoms with Gasteiger partial charge < -0.3 is 16.0 Å². The quantitative estimate of drug-likeness (QED) is 0.764. The maximum absolute atomic E-state index is 11.9. The van der Waals surface area contributed by atoms with Crippen LogP contribution < -0.4 is 11.1 Å². The molecule has 0 spiro atoms. The van der Waals surface area contributed by atoms with E-state index in [2.05, 4.69) is 5.32 Å². The molecule has 5 nitrogen and oxygen atoms in total. The second-order valence-corrected chi connectivity index (χ2v) is 5.26. The van der Waals surface area contributed by atoms with Gasteiger partial charge in [-0.15, -0.1) is 12.4 Å². The number of halogens is 1. The molecule has 0 bridgehead atoms. The summed E-state index contributed by atoms with van der Waals surface area (Å²) in [4.78, 5) is 25.1. The third-order valence-corrected chi connectivity index (χ3v) is 3.61. The van der Waals surface area contributed by atoms with E-state index < -0.39 is 6.04 Å². The highest BCUT2D eigenvalue weighted by Gasteiger charge is 2.24. The minimum Gasteiger partial charge on any atom is -0.351 e. The molecular weight excluding hydrogens is 266 g/mol. The summed E-state index contributed by atoms with van der Waals surface area (Å²) in [6.45, 7) is 7.28. The molecule has 1 aliphatic rings. The molecule has 3 unspecified atom stereocenters. The Morgan fingerprint density at radius 1 is 1.47 bits per heavy atom. The number of likely N-dealkylation sites (tertiary alicyclic amines) is 1. The monoisotopic (exact) mass is 291 g/mol. The summed E-state index contributed by atoms with van der Waals surface area (Å²) in [6, 6.07) is -0.513. The fraction of sp³-hybridized carbons (Fsp3) is 0.846. The van der Waals surface area contributed by atoms with Gasteiger partial charge in [0.1, 0.15) is 0 Å². The van der Waals surface area contributed by atoms with Crippen LogP contribution in [0, 0.1) is 5.92 Å². The number of nitrogens with zero attached hydrogens (tertiary/aromatic N) is 1. The molecule has 1 aliphatic heterocycles. The van der Waals surface area contributed by atoms with E-state index >= 15 is 0 Å². The average Bonchev–Trinajstić information content (AvgIpc) is 2.72. The van der Waals surface area contributed by atoms with Gasteiger partial charge in [-0.05, 0) is 19.3 Å². The van der Waals surface area contributed by atoms with Crippen LogP contribution >= 0.6 is 12.4 Å². The van der Waals surface area contributed by atoms with Crippen molar-refractivity contribution in [3.05, 3.63) is 0 Å². The molecular formula is C13H26ClN3O2. The van der Waals surface area contributed by atoms with Crippen LogP contribution in [0.4, 0.5) is 0 Å². The smallest absolute Gasteiger partial charge is 0.237 e. The fourth-order valence-electron chi connectivity index (χ4n) is 2.12. The first-order valence-corrected chi connectivity index (χ1v) is 6.79. The van der Waals surface area contributed by atoms with E-state index in [1.165, 1.54) is 0 Å². The summed E-state index contributed by atoms with van der Waals surface area (Å²) in [6.07, 6.45) is 2.44. The molecule has 2 amide bonds. The highest BCUT2D eigenvalue weighted by atomic mass is 35.5. The second-order valence-electron chi connectivity index (χ2n) is 5.26. The lowest BCUT2D eigenvalue weighted by atomic mass is 9.99. The van der Waals surface area contributed by atoms with Crippen molar-refractivity contribution in [3.63, 3.8) is 0 Å². The molecule has 112 valence electrons.